The van der Waals surface area contributed by atoms with Crippen LogP contribution in [0.2, 0.25) is 10.0 Å². The summed E-state index contributed by atoms with van der Waals surface area (Å²) in [6.07, 6.45) is 3.53. The Morgan fingerprint density at radius 3 is 2.41 bits per heavy atom. The first-order valence-electron chi connectivity index (χ1n) is 14.2. The molecule has 0 saturated heterocycles. The Labute approximate surface area is 262 Å². The first-order valence-corrected chi connectivity index (χ1v) is 14.9. The van der Waals surface area contributed by atoms with Crippen molar-refractivity contribution in [1.82, 2.24) is 24.3 Å². The molecule has 0 radical (unpaired) electrons. The van der Waals surface area contributed by atoms with Crippen LogP contribution in [0.4, 0.5) is 5.82 Å². The van der Waals surface area contributed by atoms with Crippen LogP contribution in [-0.4, -0.2) is 30.2 Å². The van der Waals surface area contributed by atoms with Crippen molar-refractivity contribution in [1.29, 1.82) is 0 Å². The monoisotopic (exact) mass is 614 g/mol. The maximum atomic E-state index is 14.2. The average Bonchev–Trinajstić information content (AvgIpc) is 3.77. The van der Waals surface area contributed by atoms with Gasteiger partial charge in [-0.3, -0.25) is 4.79 Å². The van der Waals surface area contributed by atoms with Gasteiger partial charge in [0, 0.05) is 38.1 Å². The molecule has 4 heterocycles. The van der Waals surface area contributed by atoms with Gasteiger partial charge in [-0.15, -0.1) is 0 Å². The molecule has 9 heteroatoms. The number of nitrogens with one attached hydrogen (secondary N) is 2. The van der Waals surface area contributed by atoms with Crippen molar-refractivity contribution in [2.24, 2.45) is 0 Å². The number of rotatable bonds is 6. The highest BCUT2D eigenvalue weighted by atomic mass is 35.5. The van der Waals surface area contributed by atoms with Gasteiger partial charge in [0.15, 0.2) is 0 Å². The number of carbonyl (C=O) groups excluding carboxylic acids is 1. The van der Waals surface area contributed by atoms with E-state index in [1.165, 1.54) is 0 Å². The lowest BCUT2D eigenvalue weighted by Crippen LogP contribution is -2.20. The topological polar surface area (TPSA) is 80.5 Å². The lowest BCUT2D eigenvalue weighted by Gasteiger charge is -2.28. The third kappa shape index (κ3) is 4.40. The lowest BCUT2D eigenvalue weighted by molar-refractivity contribution is 0.102. The van der Waals surface area contributed by atoms with E-state index in [2.05, 4.69) is 20.0 Å². The molecule has 0 aliphatic carbocycles. The van der Waals surface area contributed by atoms with E-state index in [0.29, 0.717) is 28.1 Å². The number of carbonyl (C=O) groups is 1. The summed E-state index contributed by atoms with van der Waals surface area (Å²) in [6.45, 7) is 0.524. The van der Waals surface area contributed by atoms with E-state index in [1.54, 1.807) is 16.9 Å². The minimum atomic E-state index is -0.287. The summed E-state index contributed by atoms with van der Waals surface area (Å²) in [7, 11) is 0. The molecule has 3 aromatic heterocycles. The number of imidazole rings is 1. The van der Waals surface area contributed by atoms with E-state index >= 15 is 0 Å². The van der Waals surface area contributed by atoms with Gasteiger partial charge in [0.2, 0.25) is 0 Å². The summed E-state index contributed by atoms with van der Waals surface area (Å²) in [4.78, 5) is 22.5. The van der Waals surface area contributed by atoms with Crippen molar-refractivity contribution in [2.45, 2.75) is 12.6 Å². The van der Waals surface area contributed by atoms with Crippen LogP contribution in [0.15, 0.2) is 116 Å². The van der Waals surface area contributed by atoms with Crippen LogP contribution in [0.25, 0.3) is 33.4 Å². The van der Waals surface area contributed by atoms with Gasteiger partial charge >= 0.3 is 0 Å². The van der Waals surface area contributed by atoms with Crippen LogP contribution >= 0.6 is 23.2 Å². The molecular formula is C35H24Cl2N6O. The highest BCUT2D eigenvalue weighted by Crippen LogP contribution is 2.49. The summed E-state index contributed by atoms with van der Waals surface area (Å²) in [5.41, 5.74) is 7.64. The highest BCUT2D eigenvalue weighted by molar-refractivity contribution is 6.32. The van der Waals surface area contributed by atoms with Gasteiger partial charge in [-0.2, -0.15) is 5.10 Å². The molecule has 0 bridgehead atoms. The molecule has 1 atom stereocenters. The van der Waals surface area contributed by atoms with E-state index < -0.39 is 0 Å². The fourth-order valence-corrected chi connectivity index (χ4v) is 6.55. The predicted octanol–water partition coefficient (Wildman–Crippen LogP) is 8.45. The molecule has 8 rings (SSSR count). The van der Waals surface area contributed by atoms with Crippen molar-refractivity contribution in [3.8, 4) is 22.5 Å². The molecule has 1 aliphatic heterocycles. The summed E-state index contributed by atoms with van der Waals surface area (Å²) in [6, 6.07) is 33.2. The van der Waals surface area contributed by atoms with Gasteiger partial charge in [-0.05, 0) is 41.0 Å². The van der Waals surface area contributed by atoms with Crippen LogP contribution in [-0.2, 0) is 6.54 Å². The van der Waals surface area contributed by atoms with E-state index in [0.717, 1.165) is 50.1 Å². The van der Waals surface area contributed by atoms with Crippen LogP contribution in [0.3, 0.4) is 0 Å². The minimum absolute atomic E-state index is 0.236. The van der Waals surface area contributed by atoms with Crippen molar-refractivity contribution in [3.63, 3.8) is 0 Å². The fourth-order valence-electron chi connectivity index (χ4n) is 6.20. The summed E-state index contributed by atoms with van der Waals surface area (Å²) < 4.78 is 3.91. The maximum absolute atomic E-state index is 14.2. The molecule has 1 amide bonds. The van der Waals surface area contributed by atoms with Gasteiger partial charge in [0.05, 0.1) is 36.5 Å². The van der Waals surface area contributed by atoms with Crippen molar-refractivity contribution < 1.29 is 4.79 Å². The van der Waals surface area contributed by atoms with E-state index in [1.807, 2.05) is 103 Å². The van der Waals surface area contributed by atoms with Gasteiger partial charge in [-0.1, -0.05) is 96.0 Å². The Balaban J connectivity index is 1.31. The largest absolute Gasteiger partial charge is 0.350 e. The molecule has 7 nitrogen and oxygen atoms in total. The molecule has 4 aromatic carbocycles. The lowest BCUT2D eigenvalue weighted by atomic mass is 9.88. The number of hydrogen-bond donors (Lipinski definition) is 2. The molecule has 0 saturated carbocycles. The standard InChI is InChI=1S/C35H24Cl2N6O/c36-24-13-11-23(12-14-24)33-26-17-25(37)18-27-29(26)30(34-31(38-20-42(33)34)22-9-5-2-6-10-22)32(40-27)35(44)41-28-15-16-39-43(28)19-21-7-3-1-4-8-21/h1-18,20,33,40H,19H2,(H,41,44). The Morgan fingerprint density at radius 1 is 0.886 bits per heavy atom. The van der Waals surface area contributed by atoms with E-state index in [9.17, 15) is 4.79 Å². The van der Waals surface area contributed by atoms with E-state index in [-0.39, 0.29) is 11.9 Å². The van der Waals surface area contributed by atoms with Crippen LogP contribution in [0.5, 0.6) is 0 Å². The number of aromatic nitrogens is 5. The van der Waals surface area contributed by atoms with Crippen molar-refractivity contribution in [2.75, 3.05) is 5.32 Å². The first-order chi connectivity index (χ1) is 21.5. The fraction of sp³-hybridized carbons (Fsp3) is 0.0571. The predicted molar refractivity (Wildman–Crippen MR) is 174 cm³/mol. The Bertz CT molecular complexity index is 2160. The average molecular weight is 616 g/mol. The molecule has 1 aliphatic rings. The van der Waals surface area contributed by atoms with Gasteiger partial charge in [-0.25, -0.2) is 9.67 Å². The number of H-pyrrole nitrogens is 1. The second-order valence-corrected chi connectivity index (χ2v) is 11.6. The summed E-state index contributed by atoms with van der Waals surface area (Å²) in [5, 5.41) is 9.73. The third-order valence-corrected chi connectivity index (χ3v) is 8.56. The zero-order chi connectivity index (χ0) is 29.8. The van der Waals surface area contributed by atoms with Gasteiger partial charge in [0.1, 0.15) is 11.5 Å². The number of halogens is 2. The molecule has 1 unspecified atom stereocenters. The Kier molecular flexibility index (Phi) is 6.36. The smallest absolute Gasteiger partial charge is 0.273 e. The summed E-state index contributed by atoms with van der Waals surface area (Å²) in [5.74, 6) is 0.305. The Morgan fingerprint density at radius 2 is 1.64 bits per heavy atom. The Hall–Kier alpha value is -5.11. The number of amides is 1. The van der Waals surface area contributed by atoms with Crippen LogP contribution in [0, 0.1) is 0 Å². The number of benzene rings is 4. The quantitative estimate of drug-likeness (QED) is 0.197. The summed E-state index contributed by atoms with van der Waals surface area (Å²) >= 11 is 13.0. The van der Waals surface area contributed by atoms with Crippen molar-refractivity contribution >= 4 is 45.8 Å². The normalized spacial score (nSPS) is 13.6. The molecular weight excluding hydrogens is 591 g/mol. The molecule has 44 heavy (non-hydrogen) atoms. The number of nitrogens with zero attached hydrogens (tertiary/aromatic N) is 4. The van der Waals surface area contributed by atoms with E-state index in [4.69, 9.17) is 28.2 Å². The zero-order valence-corrected chi connectivity index (χ0v) is 24.7. The molecule has 2 N–H and O–H groups in total. The SMILES string of the molecule is O=C(Nc1ccnn1Cc1ccccc1)c1[nH]c2cc(Cl)cc3c2c1-c1c(-c2ccccc2)ncn1C3c1ccc(Cl)cc1. The van der Waals surface area contributed by atoms with Crippen LogP contribution < -0.4 is 5.32 Å². The third-order valence-electron chi connectivity index (χ3n) is 8.09. The molecule has 0 spiro atoms. The second-order valence-electron chi connectivity index (χ2n) is 10.8. The van der Waals surface area contributed by atoms with Crippen LogP contribution in [0.1, 0.15) is 33.2 Å². The molecule has 0 fully saturated rings. The second kappa shape index (κ2) is 10.6. The number of anilines is 1. The maximum Gasteiger partial charge on any atom is 0.273 e. The number of fused-ring (bicyclic) bond motifs is 2. The van der Waals surface area contributed by atoms with Gasteiger partial charge in [0.25, 0.3) is 5.91 Å². The highest BCUT2D eigenvalue weighted by Gasteiger charge is 2.36. The van der Waals surface area contributed by atoms with Crippen molar-refractivity contribution in [3.05, 3.63) is 148 Å². The first kappa shape index (κ1) is 26.5. The number of aromatic amines is 1. The molecule has 7 aromatic rings. The zero-order valence-electron chi connectivity index (χ0n) is 23.2. The van der Waals surface area contributed by atoms with Gasteiger partial charge < -0.3 is 14.9 Å². The minimum Gasteiger partial charge on any atom is -0.350 e. The number of hydrogen-bond acceptors (Lipinski definition) is 3. The molecule has 214 valence electrons.